The van der Waals surface area contributed by atoms with Gasteiger partial charge in [-0.3, -0.25) is 19.7 Å². The molecule has 9 nitrogen and oxygen atoms in total. The number of rotatable bonds is 8. The van der Waals surface area contributed by atoms with Crippen LogP contribution in [0, 0.1) is 10.1 Å². The van der Waals surface area contributed by atoms with Crippen LogP contribution in [0.25, 0.3) is 0 Å². The van der Waals surface area contributed by atoms with Crippen LogP contribution in [0.5, 0.6) is 11.5 Å². The lowest BCUT2D eigenvalue weighted by atomic mass is 10.2. The van der Waals surface area contributed by atoms with Crippen LogP contribution < -0.4 is 14.8 Å². The van der Waals surface area contributed by atoms with Crippen LogP contribution in [0.1, 0.15) is 15.9 Å². The van der Waals surface area contributed by atoms with Gasteiger partial charge in [0.25, 0.3) is 11.6 Å². The maximum Gasteiger partial charge on any atom is 0.325 e. The monoisotopic (exact) mass is 374 g/mol. The van der Waals surface area contributed by atoms with E-state index in [0.29, 0.717) is 11.5 Å². The number of carbonyl (C=O) groups is 2. The number of benzene rings is 2. The summed E-state index contributed by atoms with van der Waals surface area (Å²) in [6.07, 6.45) is 0. The first-order valence-electron chi connectivity index (χ1n) is 7.83. The van der Waals surface area contributed by atoms with Crippen molar-refractivity contribution in [2.45, 2.75) is 6.61 Å². The molecule has 2 rings (SSSR count). The molecule has 2 aromatic carbocycles. The predicted octanol–water partition coefficient (Wildman–Crippen LogP) is 2.09. The van der Waals surface area contributed by atoms with E-state index in [9.17, 15) is 19.7 Å². The van der Waals surface area contributed by atoms with E-state index in [2.05, 4.69) is 5.32 Å². The highest BCUT2D eigenvalue weighted by Gasteiger charge is 2.15. The first-order valence-corrected chi connectivity index (χ1v) is 7.83. The molecule has 1 N–H and O–H groups in total. The number of hydrogen-bond acceptors (Lipinski definition) is 7. The molecule has 0 saturated heterocycles. The Kier molecular flexibility index (Phi) is 6.70. The van der Waals surface area contributed by atoms with E-state index >= 15 is 0 Å². The molecular weight excluding hydrogens is 356 g/mol. The molecule has 27 heavy (non-hydrogen) atoms. The summed E-state index contributed by atoms with van der Waals surface area (Å²) in [5.41, 5.74) is 0.371. The Bertz CT molecular complexity index is 829. The van der Waals surface area contributed by atoms with E-state index in [1.807, 2.05) is 0 Å². The molecule has 0 heterocycles. The first-order chi connectivity index (χ1) is 12.9. The van der Waals surface area contributed by atoms with Gasteiger partial charge in [0.1, 0.15) is 24.7 Å². The van der Waals surface area contributed by atoms with Crippen molar-refractivity contribution in [2.24, 2.45) is 0 Å². The molecule has 0 saturated carbocycles. The molecule has 0 fully saturated rings. The number of methoxy groups -OCH3 is 2. The number of nitrogens with one attached hydrogen (secondary N) is 1. The third-order valence-corrected chi connectivity index (χ3v) is 3.58. The van der Waals surface area contributed by atoms with Crippen molar-refractivity contribution >= 4 is 17.6 Å². The number of nitro benzene ring substituents is 1. The summed E-state index contributed by atoms with van der Waals surface area (Å²) < 4.78 is 15.2. The van der Waals surface area contributed by atoms with Crippen LogP contribution in [0.2, 0.25) is 0 Å². The van der Waals surface area contributed by atoms with Gasteiger partial charge in [-0.15, -0.1) is 0 Å². The highest BCUT2D eigenvalue weighted by Crippen LogP contribution is 2.22. The van der Waals surface area contributed by atoms with Crippen molar-refractivity contribution in [3.63, 3.8) is 0 Å². The van der Waals surface area contributed by atoms with Crippen LogP contribution >= 0.6 is 0 Å². The van der Waals surface area contributed by atoms with E-state index in [0.717, 1.165) is 0 Å². The van der Waals surface area contributed by atoms with Gasteiger partial charge in [-0.05, 0) is 18.2 Å². The summed E-state index contributed by atoms with van der Waals surface area (Å²) in [5.74, 6) is -0.386. The first kappa shape index (κ1) is 19.7. The fourth-order valence-electron chi connectivity index (χ4n) is 2.21. The van der Waals surface area contributed by atoms with Crippen LogP contribution in [0.15, 0.2) is 42.5 Å². The Morgan fingerprint density at radius 3 is 2.30 bits per heavy atom. The summed E-state index contributed by atoms with van der Waals surface area (Å²) in [4.78, 5) is 34.4. The maximum absolute atomic E-state index is 12.2. The van der Waals surface area contributed by atoms with Gasteiger partial charge in [0, 0.05) is 17.7 Å². The van der Waals surface area contributed by atoms with Gasteiger partial charge in [-0.1, -0.05) is 12.1 Å². The SMILES string of the molecule is COc1cc(OC)cc(C(=O)NCC(=O)OCc2ccccc2[N+](=O)[O-])c1. The molecule has 0 radical (unpaired) electrons. The van der Waals surface area contributed by atoms with Crippen molar-refractivity contribution in [1.29, 1.82) is 0 Å². The van der Waals surface area contributed by atoms with E-state index in [1.54, 1.807) is 12.1 Å². The van der Waals surface area contributed by atoms with E-state index < -0.39 is 16.8 Å². The van der Waals surface area contributed by atoms with Crippen molar-refractivity contribution in [1.82, 2.24) is 5.32 Å². The predicted molar refractivity (Wildman–Crippen MR) is 94.8 cm³/mol. The number of hydrogen-bond donors (Lipinski definition) is 1. The third-order valence-electron chi connectivity index (χ3n) is 3.58. The third kappa shape index (κ3) is 5.43. The Hall–Kier alpha value is -3.62. The number of nitrogens with zero attached hydrogens (tertiary/aromatic N) is 1. The lowest BCUT2D eigenvalue weighted by Crippen LogP contribution is -2.30. The van der Waals surface area contributed by atoms with Crippen LogP contribution in [0.3, 0.4) is 0 Å². The van der Waals surface area contributed by atoms with Gasteiger partial charge in [0.2, 0.25) is 0 Å². The second-order valence-electron chi connectivity index (χ2n) is 5.33. The smallest absolute Gasteiger partial charge is 0.325 e. The molecule has 2 aromatic rings. The molecule has 0 aliphatic rings. The van der Waals surface area contributed by atoms with Crippen molar-refractivity contribution in [2.75, 3.05) is 20.8 Å². The van der Waals surface area contributed by atoms with Crippen LogP contribution in [-0.4, -0.2) is 37.6 Å². The zero-order chi connectivity index (χ0) is 19.8. The van der Waals surface area contributed by atoms with Crippen LogP contribution in [-0.2, 0) is 16.1 Å². The number of ether oxygens (including phenoxy) is 3. The minimum Gasteiger partial charge on any atom is -0.497 e. The average Bonchev–Trinajstić information content (AvgIpc) is 2.69. The fourth-order valence-corrected chi connectivity index (χ4v) is 2.21. The van der Waals surface area contributed by atoms with E-state index in [1.165, 1.54) is 44.6 Å². The summed E-state index contributed by atoms with van der Waals surface area (Å²) in [6, 6.07) is 10.5. The summed E-state index contributed by atoms with van der Waals surface area (Å²) in [5, 5.41) is 13.3. The largest absolute Gasteiger partial charge is 0.497 e. The molecule has 0 bridgehead atoms. The van der Waals surface area contributed by atoms with E-state index in [4.69, 9.17) is 14.2 Å². The van der Waals surface area contributed by atoms with Gasteiger partial charge >= 0.3 is 5.97 Å². The lowest BCUT2D eigenvalue weighted by Gasteiger charge is -2.09. The second kappa shape index (κ2) is 9.18. The van der Waals surface area contributed by atoms with Gasteiger partial charge in [-0.2, -0.15) is 0 Å². The zero-order valence-corrected chi connectivity index (χ0v) is 14.8. The molecule has 0 aliphatic carbocycles. The van der Waals surface area contributed by atoms with Crippen LogP contribution in [0.4, 0.5) is 5.69 Å². The number of carbonyl (C=O) groups excluding carboxylic acids is 2. The van der Waals surface area contributed by atoms with Crippen molar-refractivity contribution in [3.05, 3.63) is 63.7 Å². The Balaban J connectivity index is 1.92. The van der Waals surface area contributed by atoms with Gasteiger partial charge in [-0.25, -0.2) is 0 Å². The minimum absolute atomic E-state index is 0.141. The normalized spacial score (nSPS) is 10.0. The average molecular weight is 374 g/mol. The fraction of sp³-hybridized carbons (Fsp3) is 0.222. The lowest BCUT2D eigenvalue weighted by molar-refractivity contribution is -0.385. The topological polar surface area (TPSA) is 117 Å². The number of esters is 1. The molecule has 0 aromatic heterocycles. The minimum atomic E-state index is -0.726. The molecule has 9 heteroatoms. The second-order valence-corrected chi connectivity index (χ2v) is 5.33. The van der Waals surface area contributed by atoms with E-state index in [-0.39, 0.29) is 30.0 Å². The Morgan fingerprint density at radius 2 is 1.70 bits per heavy atom. The highest BCUT2D eigenvalue weighted by molar-refractivity contribution is 5.96. The van der Waals surface area contributed by atoms with Gasteiger partial charge in [0.05, 0.1) is 24.7 Å². The molecule has 142 valence electrons. The summed E-state index contributed by atoms with van der Waals surface area (Å²) in [6.45, 7) is -0.655. The summed E-state index contributed by atoms with van der Waals surface area (Å²) >= 11 is 0. The van der Waals surface area contributed by atoms with Crippen molar-refractivity contribution in [3.8, 4) is 11.5 Å². The highest BCUT2D eigenvalue weighted by atomic mass is 16.6. The molecule has 1 amide bonds. The van der Waals surface area contributed by atoms with Crippen molar-refractivity contribution < 1.29 is 28.7 Å². The standard InChI is InChI=1S/C18H18N2O7/c1-25-14-7-13(8-15(9-14)26-2)18(22)19-10-17(21)27-11-12-5-3-4-6-16(12)20(23)24/h3-9H,10-11H2,1-2H3,(H,19,22). The zero-order valence-electron chi connectivity index (χ0n) is 14.8. The number of amides is 1. The molecular formula is C18H18N2O7. The number of nitro groups is 1. The molecule has 0 atom stereocenters. The molecule has 0 spiro atoms. The maximum atomic E-state index is 12.2. The quantitative estimate of drug-likeness (QED) is 0.427. The Morgan fingerprint density at radius 1 is 1.07 bits per heavy atom. The summed E-state index contributed by atoms with van der Waals surface area (Å²) in [7, 11) is 2.91. The molecule has 0 aliphatic heterocycles. The number of para-hydroxylation sites is 1. The van der Waals surface area contributed by atoms with Gasteiger partial charge < -0.3 is 19.5 Å². The van der Waals surface area contributed by atoms with Gasteiger partial charge in [0.15, 0.2) is 0 Å². The Labute approximate surface area is 155 Å². The molecule has 0 unspecified atom stereocenters.